The number of halogens is 2. The average Bonchev–Trinajstić information content (AvgIpc) is 3.06. The van der Waals surface area contributed by atoms with Crippen LogP contribution in [-0.4, -0.2) is 15.1 Å². The Morgan fingerprint density at radius 1 is 1.13 bits per heavy atom. The van der Waals surface area contributed by atoms with E-state index in [1.165, 1.54) is 11.3 Å². The maximum atomic E-state index is 13.7. The van der Waals surface area contributed by atoms with Crippen molar-refractivity contribution < 1.29 is 13.9 Å². The summed E-state index contributed by atoms with van der Waals surface area (Å²) in [5, 5.41) is 18.2. The molecule has 0 radical (unpaired) electrons. The van der Waals surface area contributed by atoms with E-state index >= 15 is 0 Å². The second-order valence-electron chi connectivity index (χ2n) is 4.80. The maximum absolute atomic E-state index is 13.7. The second kappa shape index (κ2) is 5.10. The van der Waals surface area contributed by atoms with E-state index < -0.39 is 11.6 Å². The minimum Gasteiger partial charge on any atom is -0.493 e. The molecule has 0 fully saturated rings. The number of hydrogen-bond acceptors (Lipinski definition) is 5. The van der Waals surface area contributed by atoms with Crippen molar-refractivity contribution in [2.24, 2.45) is 10.2 Å². The summed E-state index contributed by atoms with van der Waals surface area (Å²) in [6, 6.07) is 9.31. The Morgan fingerprint density at radius 2 is 1.96 bits per heavy atom. The van der Waals surface area contributed by atoms with Crippen LogP contribution in [0.2, 0.25) is 0 Å². The first kappa shape index (κ1) is 13.8. The van der Waals surface area contributed by atoms with Crippen molar-refractivity contribution in [2.75, 3.05) is 0 Å². The number of fused-ring (bicyclic) bond motifs is 2. The van der Waals surface area contributed by atoms with E-state index in [2.05, 4.69) is 20.2 Å². The quantitative estimate of drug-likeness (QED) is 0.497. The SMILES string of the molecule is Oc1[nH]c2c(F)cc(F)cc2c1N=Nc1nc2ccccc2s1. The fourth-order valence-electron chi connectivity index (χ4n) is 2.29. The molecule has 4 rings (SSSR count). The molecule has 0 saturated heterocycles. The molecule has 0 aliphatic carbocycles. The number of azo groups is 1. The molecule has 5 nitrogen and oxygen atoms in total. The number of nitrogens with zero attached hydrogens (tertiary/aromatic N) is 3. The Hall–Kier alpha value is -2.87. The molecule has 2 heterocycles. The van der Waals surface area contributed by atoms with Crippen LogP contribution in [0, 0.1) is 11.6 Å². The number of H-pyrrole nitrogens is 1. The van der Waals surface area contributed by atoms with Crippen LogP contribution in [-0.2, 0) is 0 Å². The van der Waals surface area contributed by atoms with Crippen molar-refractivity contribution in [1.82, 2.24) is 9.97 Å². The van der Waals surface area contributed by atoms with Crippen LogP contribution in [0.5, 0.6) is 5.88 Å². The van der Waals surface area contributed by atoms with Gasteiger partial charge in [-0.15, -0.1) is 10.2 Å². The zero-order valence-electron chi connectivity index (χ0n) is 11.4. The lowest BCUT2D eigenvalue weighted by molar-refractivity contribution is 0.459. The number of nitrogens with one attached hydrogen (secondary N) is 1. The number of rotatable bonds is 2. The van der Waals surface area contributed by atoms with Crippen molar-refractivity contribution in [3.8, 4) is 5.88 Å². The first-order valence-electron chi connectivity index (χ1n) is 6.59. The van der Waals surface area contributed by atoms with Crippen molar-refractivity contribution in [2.45, 2.75) is 0 Å². The van der Waals surface area contributed by atoms with Gasteiger partial charge in [-0.2, -0.15) is 0 Å². The minimum atomic E-state index is -0.809. The lowest BCUT2D eigenvalue weighted by Crippen LogP contribution is -1.80. The summed E-state index contributed by atoms with van der Waals surface area (Å²) < 4.78 is 28.0. The molecule has 0 atom stereocenters. The number of aromatic hydroxyl groups is 1. The Labute approximate surface area is 131 Å². The normalized spacial score (nSPS) is 11.9. The van der Waals surface area contributed by atoms with E-state index in [-0.39, 0.29) is 22.5 Å². The molecule has 114 valence electrons. The van der Waals surface area contributed by atoms with Gasteiger partial charge in [0, 0.05) is 11.5 Å². The van der Waals surface area contributed by atoms with Crippen LogP contribution in [0.25, 0.3) is 21.1 Å². The summed E-state index contributed by atoms with van der Waals surface area (Å²) in [6.45, 7) is 0. The molecule has 0 aliphatic heterocycles. The third-order valence-electron chi connectivity index (χ3n) is 3.30. The molecule has 0 bridgehead atoms. The molecule has 0 amide bonds. The van der Waals surface area contributed by atoms with Gasteiger partial charge in [0.2, 0.25) is 11.0 Å². The third kappa shape index (κ3) is 2.33. The molecule has 2 aromatic heterocycles. The fourth-order valence-corrected chi connectivity index (χ4v) is 3.08. The number of para-hydroxylation sites is 1. The van der Waals surface area contributed by atoms with E-state index in [4.69, 9.17) is 0 Å². The molecule has 0 aliphatic rings. The predicted molar refractivity (Wildman–Crippen MR) is 83.7 cm³/mol. The smallest absolute Gasteiger partial charge is 0.231 e. The first-order chi connectivity index (χ1) is 11.1. The van der Waals surface area contributed by atoms with Gasteiger partial charge in [-0.3, -0.25) is 0 Å². The van der Waals surface area contributed by atoms with Crippen LogP contribution in [0.1, 0.15) is 0 Å². The van der Waals surface area contributed by atoms with Crippen molar-refractivity contribution in [3.05, 3.63) is 48.0 Å². The highest BCUT2D eigenvalue weighted by Crippen LogP contribution is 2.38. The maximum Gasteiger partial charge on any atom is 0.231 e. The Morgan fingerprint density at radius 3 is 2.78 bits per heavy atom. The minimum absolute atomic E-state index is 0.0258. The van der Waals surface area contributed by atoms with Gasteiger partial charge in [0.1, 0.15) is 11.6 Å². The zero-order chi connectivity index (χ0) is 16.0. The van der Waals surface area contributed by atoms with Gasteiger partial charge in [-0.25, -0.2) is 13.8 Å². The highest BCUT2D eigenvalue weighted by molar-refractivity contribution is 7.21. The van der Waals surface area contributed by atoms with Crippen LogP contribution in [0.15, 0.2) is 46.6 Å². The van der Waals surface area contributed by atoms with Crippen molar-refractivity contribution >= 4 is 43.3 Å². The zero-order valence-corrected chi connectivity index (χ0v) is 12.2. The number of aromatic nitrogens is 2. The van der Waals surface area contributed by atoms with Gasteiger partial charge in [0.15, 0.2) is 5.69 Å². The Bertz CT molecular complexity index is 1040. The summed E-state index contributed by atoms with van der Waals surface area (Å²) >= 11 is 1.33. The number of aromatic amines is 1. The van der Waals surface area contributed by atoms with Gasteiger partial charge in [-0.05, 0) is 18.2 Å². The Kier molecular flexibility index (Phi) is 3.05. The van der Waals surface area contributed by atoms with Gasteiger partial charge in [-0.1, -0.05) is 23.5 Å². The summed E-state index contributed by atoms with van der Waals surface area (Å²) in [4.78, 5) is 6.70. The van der Waals surface area contributed by atoms with Gasteiger partial charge in [0.05, 0.1) is 15.7 Å². The molecule has 4 aromatic rings. The second-order valence-corrected chi connectivity index (χ2v) is 5.81. The Balaban J connectivity index is 1.81. The fraction of sp³-hybridized carbons (Fsp3) is 0. The van der Waals surface area contributed by atoms with E-state index in [0.29, 0.717) is 5.13 Å². The molecule has 2 N–H and O–H groups in total. The molecule has 0 spiro atoms. The number of benzene rings is 2. The molecule has 0 unspecified atom stereocenters. The van der Waals surface area contributed by atoms with Crippen LogP contribution < -0.4 is 0 Å². The van der Waals surface area contributed by atoms with Gasteiger partial charge < -0.3 is 10.1 Å². The van der Waals surface area contributed by atoms with Crippen LogP contribution in [0.3, 0.4) is 0 Å². The van der Waals surface area contributed by atoms with E-state index in [9.17, 15) is 13.9 Å². The van der Waals surface area contributed by atoms with Gasteiger partial charge in [0.25, 0.3) is 0 Å². The predicted octanol–water partition coefficient (Wildman–Crippen LogP) is 5.18. The highest BCUT2D eigenvalue weighted by Gasteiger charge is 2.15. The standard InChI is InChI=1S/C15H8F2N4OS/c16-7-5-8-12(9(17)6-7)19-14(22)13(8)20-21-15-18-10-3-1-2-4-11(10)23-15/h1-6,19,22H. The third-order valence-corrected chi connectivity index (χ3v) is 4.22. The van der Waals surface area contributed by atoms with E-state index in [0.717, 1.165) is 22.3 Å². The highest BCUT2D eigenvalue weighted by atomic mass is 32.1. The summed E-state index contributed by atoms with van der Waals surface area (Å²) in [5.74, 6) is -1.95. The molecular weight excluding hydrogens is 322 g/mol. The van der Waals surface area contributed by atoms with Crippen molar-refractivity contribution in [1.29, 1.82) is 0 Å². The summed E-state index contributed by atoms with van der Waals surface area (Å²) in [5.41, 5.74) is 0.728. The summed E-state index contributed by atoms with van der Waals surface area (Å²) in [7, 11) is 0. The van der Waals surface area contributed by atoms with Crippen LogP contribution in [0.4, 0.5) is 19.6 Å². The molecule has 23 heavy (non-hydrogen) atoms. The largest absolute Gasteiger partial charge is 0.493 e. The number of hydrogen-bond donors (Lipinski definition) is 2. The van der Waals surface area contributed by atoms with Gasteiger partial charge >= 0.3 is 0 Å². The first-order valence-corrected chi connectivity index (χ1v) is 7.40. The lowest BCUT2D eigenvalue weighted by atomic mass is 10.2. The van der Waals surface area contributed by atoms with E-state index in [1.807, 2.05) is 24.3 Å². The molecule has 0 saturated carbocycles. The molecule has 8 heteroatoms. The monoisotopic (exact) mass is 330 g/mol. The molecule has 2 aromatic carbocycles. The lowest BCUT2D eigenvalue weighted by Gasteiger charge is -1.93. The average molecular weight is 330 g/mol. The van der Waals surface area contributed by atoms with Crippen LogP contribution >= 0.6 is 11.3 Å². The number of thiazole rings is 1. The van der Waals surface area contributed by atoms with Crippen molar-refractivity contribution in [3.63, 3.8) is 0 Å². The molecular formula is C15H8F2N4OS. The van der Waals surface area contributed by atoms with E-state index in [1.54, 1.807) is 0 Å². The topological polar surface area (TPSA) is 73.6 Å². The summed E-state index contributed by atoms with van der Waals surface area (Å²) in [6.07, 6.45) is 0.